The molecule has 0 aromatic carbocycles. The first-order valence-electron chi connectivity index (χ1n) is 5.18. The fraction of sp³-hybridized carbons (Fsp3) is 0.214. The smallest absolute Gasteiger partial charge is 0.142 e. The van der Waals surface area contributed by atoms with E-state index in [1.165, 1.54) is 12.5 Å². The zero-order valence-corrected chi connectivity index (χ0v) is 9.17. The molecule has 0 atom stereocenters. The van der Waals surface area contributed by atoms with Crippen LogP contribution in [-0.4, -0.2) is 6.29 Å². The third-order valence-corrected chi connectivity index (χ3v) is 1.56. The quantitative estimate of drug-likeness (QED) is 0.349. The normalized spacial score (nSPS) is 13.1. The highest BCUT2D eigenvalue weighted by Crippen LogP contribution is 1.89. The first-order valence-corrected chi connectivity index (χ1v) is 5.18. The lowest BCUT2D eigenvalue weighted by Crippen LogP contribution is -1.58. The molecule has 0 rings (SSSR count). The average Bonchev–Trinajstić information content (AvgIpc) is 2.26. The van der Waals surface area contributed by atoms with Crippen molar-refractivity contribution in [2.45, 2.75) is 19.8 Å². The van der Waals surface area contributed by atoms with Crippen LogP contribution in [0.3, 0.4) is 0 Å². The zero-order valence-electron chi connectivity index (χ0n) is 9.17. The molecule has 0 aliphatic carbocycles. The molecule has 0 saturated heterocycles. The lowest BCUT2D eigenvalue weighted by Gasteiger charge is -1.79. The van der Waals surface area contributed by atoms with Gasteiger partial charge in [-0.3, -0.25) is 4.79 Å². The van der Waals surface area contributed by atoms with Gasteiger partial charge in [0, 0.05) is 0 Å². The summed E-state index contributed by atoms with van der Waals surface area (Å²) < 4.78 is 0. The first kappa shape index (κ1) is 13.4. The molecule has 1 nitrogen and oxygen atoms in total. The highest BCUT2D eigenvalue weighted by atomic mass is 16.1. The molecule has 0 radical (unpaired) electrons. The monoisotopic (exact) mass is 202 g/mol. The molecule has 80 valence electrons. The van der Waals surface area contributed by atoms with E-state index in [2.05, 4.69) is 13.0 Å². The summed E-state index contributed by atoms with van der Waals surface area (Å²) in [4.78, 5) is 9.91. The third kappa shape index (κ3) is 12.4. The average molecular weight is 202 g/mol. The van der Waals surface area contributed by atoms with E-state index in [-0.39, 0.29) is 0 Å². The lowest BCUT2D eigenvalue weighted by molar-refractivity contribution is -0.104. The van der Waals surface area contributed by atoms with E-state index < -0.39 is 0 Å². The van der Waals surface area contributed by atoms with Crippen molar-refractivity contribution in [3.05, 3.63) is 60.8 Å². The largest absolute Gasteiger partial charge is 0.299 e. The van der Waals surface area contributed by atoms with Gasteiger partial charge >= 0.3 is 0 Å². The summed E-state index contributed by atoms with van der Waals surface area (Å²) in [6.45, 7) is 2.16. The maximum Gasteiger partial charge on any atom is 0.142 e. The molecule has 0 heterocycles. The number of rotatable bonds is 7. The molecule has 15 heavy (non-hydrogen) atoms. The number of carbonyl (C=O) groups excluding carboxylic acids is 1. The van der Waals surface area contributed by atoms with Crippen LogP contribution in [0.15, 0.2) is 60.8 Å². The lowest BCUT2D eigenvalue weighted by atomic mass is 10.3. The van der Waals surface area contributed by atoms with Crippen molar-refractivity contribution in [1.82, 2.24) is 0 Å². The van der Waals surface area contributed by atoms with E-state index in [0.717, 1.165) is 12.7 Å². The fourth-order valence-electron chi connectivity index (χ4n) is 0.836. The predicted octanol–water partition coefficient (Wildman–Crippen LogP) is 3.77. The molecular weight excluding hydrogens is 184 g/mol. The Morgan fingerprint density at radius 3 is 1.67 bits per heavy atom. The van der Waals surface area contributed by atoms with Crippen molar-refractivity contribution in [3.8, 4) is 0 Å². The maximum atomic E-state index is 9.91. The van der Waals surface area contributed by atoms with Crippen LogP contribution in [0, 0.1) is 0 Å². The topological polar surface area (TPSA) is 17.1 Å². The Hall–Kier alpha value is -1.63. The SMILES string of the molecule is CCCC=CC=CC=CC=CC=CC=O. The summed E-state index contributed by atoms with van der Waals surface area (Å²) >= 11 is 0. The van der Waals surface area contributed by atoms with Crippen molar-refractivity contribution >= 4 is 6.29 Å². The van der Waals surface area contributed by atoms with Gasteiger partial charge in [-0.2, -0.15) is 0 Å². The Balaban J connectivity index is 3.65. The summed E-state index contributed by atoms with van der Waals surface area (Å²) in [6, 6.07) is 0. The maximum absolute atomic E-state index is 9.91. The predicted molar refractivity (Wildman–Crippen MR) is 66.7 cm³/mol. The van der Waals surface area contributed by atoms with Gasteiger partial charge in [-0.25, -0.2) is 0 Å². The molecule has 0 unspecified atom stereocenters. The summed E-state index contributed by atoms with van der Waals surface area (Å²) in [5.41, 5.74) is 0. The van der Waals surface area contributed by atoms with Crippen LogP contribution in [0.2, 0.25) is 0 Å². The molecule has 1 heteroatoms. The van der Waals surface area contributed by atoms with Gasteiger partial charge in [0.1, 0.15) is 6.29 Å². The van der Waals surface area contributed by atoms with Gasteiger partial charge in [0.25, 0.3) is 0 Å². The Labute approximate surface area is 92.2 Å². The van der Waals surface area contributed by atoms with Crippen molar-refractivity contribution in [2.24, 2.45) is 0 Å². The van der Waals surface area contributed by atoms with Crippen molar-refractivity contribution in [3.63, 3.8) is 0 Å². The minimum Gasteiger partial charge on any atom is -0.299 e. The molecule has 0 aromatic heterocycles. The molecule has 0 amide bonds. The molecule has 0 bridgehead atoms. The van der Waals surface area contributed by atoms with E-state index >= 15 is 0 Å². The van der Waals surface area contributed by atoms with Gasteiger partial charge in [0.2, 0.25) is 0 Å². The summed E-state index contributed by atoms with van der Waals surface area (Å²) in [7, 11) is 0. The third-order valence-electron chi connectivity index (χ3n) is 1.56. The number of hydrogen-bond acceptors (Lipinski definition) is 1. The van der Waals surface area contributed by atoms with Gasteiger partial charge < -0.3 is 0 Å². The van der Waals surface area contributed by atoms with Crippen molar-refractivity contribution < 1.29 is 4.79 Å². The molecule has 0 aromatic rings. The van der Waals surface area contributed by atoms with Gasteiger partial charge in [-0.1, -0.05) is 68.0 Å². The van der Waals surface area contributed by atoms with Crippen LogP contribution in [-0.2, 0) is 4.79 Å². The van der Waals surface area contributed by atoms with E-state index in [4.69, 9.17) is 0 Å². The van der Waals surface area contributed by atoms with Crippen LogP contribution in [0.25, 0.3) is 0 Å². The van der Waals surface area contributed by atoms with Crippen LogP contribution in [0.4, 0.5) is 0 Å². The second kappa shape index (κ2) is 12.4. The molecule has 0 aliphatic heterocycles. The number of unbranched alkanes of at least 4 members (excludes halogenated alkanes) is 1. The minimum atomic E-state index is 0.756. The zero-order chi connectivity index (χ0) is 11.2. The Morgan fingerprint density at radius 1 is 0.733 bits per heavy atom. The van der Waals surface area contributed by atoms with E-state index in [1.54, 1.807) is 6.08 Å². The minimum absolute atomic E-state index is 0.756. The van der Waals surface area contributed by atoms with Crippen LogP contribution < -0.4 is 0 Å². The number of allylic oxidation sites excluding steroid dienone is 10. The second-order valence-corrected chi connectivity index (χ2v) is 2.89. The van der Waals surface area contributed by atoms with Gasteiger partial charge in [-0.05, 0) is 12.5 Å². The van der Waals surface area contributed by atoms with Gasteiger partial charge in [-0.15, -0.1) is 0 Å². The first-order chi connectivity index (χ1) is 7.41. The molecule has 0 spiro atoms. The second-order valence-electron chi connectivity index (χ2n) is 2.89. The fourth-order valence-corrected chi connectivity index (χ4v) is 0.836. The number of carbonyl (C=O) groups is 1. The highest BCUT2D eigenvalue weighted by Gasteiger charge is 1.68. The molecule has 0 aliphatic rings. The molecular formula is C14H18O. The van der Waals surface area contributed by atoms with Crippen molar-refractivity contribution in [1.29, 1.82) is 0 Å². The molecule has 0 fully saturated rings. The Morgan fingerprint density at radius 2 is 1.20 bits per heavy atom. The van der Waals surface area contributed by atoms with Gasteiger partial charge in [0.05, 0.1) is 0 Å². The van der Waals surface area contributed by atoms with Crippen LogP contribution in [0.1, 0.15) is 19.8 Å². The Kier molecular flexibility index (Phi) is 11.0. The van der Waals surface area contributed by atoms with Gasteiger partial charge in [0.15, 0.2) is 0 Å². The Bertz CT molecular complexity index is 278. The molecule has 0 N–H and O–H groups in total. The summed E-state index contributed by atoms with van der Waals surface area (Å²) in [6.07, 6.45) is 21.9. The standard InChI is InChI=1S/C14H18O/c1-2-3-4-5-6-7-8-9-10-11-12-13-14-15/h4-14H,2-3H2,1H3. The number of aldehydes is 1. The van der Waals surface area contributed by atoms with E-state index in [0.29, 0.717) is 0 Å². The van der Waals surface area contributed by atoms with Crippen molar-refractivity contribution in [2.75, 3.05) is 0 Å². The van der Waals surface area contributed by atoms with E-state index in [1.807, 2.05) is 42.5 Å². The van der Waals surface area contributed by atoms with E-state index in [9.17, 15) is 4.79 Å². The summed E-state index contributed by atoms with van der Waals surface area (Å²) in [5, 5.41) is 0. The van der Waals surface area contributed by atoms with Crippen LogP contribution >= 0.6 is 0 Å². The summed E-state index contributed by atoms with van der Waals surface area (Å²) in [5.74, 6) is 0. The van der Waals surface area contributed by atoms with Crippen LogP contribution in [0.5, 0.6) is 0 Å². The number of hydrogen-bond donors (Lipinski definition) is 0. The highest BCUT2D eigenvalue weighted by molar-refractivity contribution is 5.65. The molecule has 0 saturated carbocycles.